The fourth-order valence-electron chi connectivity index (χ4n) is 2.31. The van der Waals surface area contributed by atoms with Gasteiger partial charge in [0, 0.05) is 21.3 Å². The van der Waals surface area contributed by atoms with Crippen molar-refractivity contribution < 1.29 is 14.1 Å². The molecule has 3 rings (SSSR count). The Labute approximate surface area is 178 Å². The average Bonchev–Trinajstić information content (AvgIpc) is 3.15. The Morgan fingerprint density at radius 3 is 2.75 bits per heavy atom. The number of pyridine rings is 1. The molecule has 1 amide bonds. The zero-order chi connectivity index (χ0) is 20.3. The van der Waals surface area contributed by atoms with E-state index in [0.29, 0.717) is 17.1 Å². The van der Waals surface area contributed by atoms with Gasteiger partial charge in [0.25, 0.3) is 11.6 Å². The van der Waals surface area contributed by atoms with E-state index in [2.05, 4.69) is 38.2 Å². The third-order valence-electron chi connectivity index (χ3n) is 3.66. The summed E-state index contributed by atoms with van der Waals surface area (Å²) in [4.78, 5) is 27.0. The van der Waals surface area contributed by atoms with Crippen LogP contribution in [0.3, 0.4) is 0 Å². The van der Waals surface area contributed by atoms with Crippen LogP contribution in [0.2, 0.25) is 0 Å². The third-order valence-corrected chi connectivity index (χ3v) is 5.01. The lowest BCUT2D eigenvalue weighted by Gasteiger charge is -2.09. The number of furan rings is 1. The van der Waals surface area contributed by atoms with E-state index >= 15 is 0 Å². The molecular weight excluding hydrogens is 495 g/mol. The van der Waals surface area contributed by atoms with Gasteiger partial charge in [0.1, 0.15) is 11.6 Å². The standard InChI is InChI=1S/C18H13IN4O4S/c1-10-13(19)5-8-16(20-10)21-18(28)22-17(24)15-7-6-14(27-15)11-3-2-4-12(9-11)23(25)26/h2-9H,1H3,(H2,20,21,22,24,28). The van der Waals surface area contributed by atoms with Crippen molar-refractivity contribution in [3.63, 3.8) is 0 Å². The first kappa shape index (κ1) is 19.9. The molecule has 3 aromatic rings. The summed E-state index contributed by atoms with van der Waals surface area (Å²) in [5, 5.41) is 16.3. The van der Waals surface area contributed by atoms with E-state index in [9.17, 15) is 14.9 Å². The first-order valence-corrected chi connectivity index (χ1v) is 9.42. The van der Waals surface area contributed by atoms with Gasteiger partial charge >= 0.3 is 0 Å². The highest BCUT2D eigenvalue weighted by atomic mass is 127. The molecule has 8 nitrogen and oxygen atoms in total. The van der Waals surface area contributed by atoms with Gasteiger partial charge in [-0.1, -0.05) is 12.1 Å². The van der Waals surface area contributed by atoms with Gasteiger partial charge in [0.05, 0.1) is 10.6 Å². The highest BCUT2D eigenvalue weighted by Crippen LogP contribution is 2.25. The van der Waals surface area contributed by atoms with Gasteiger partial charge in [-0.15, -0.1) is 0 Å². The molecule has 0 aliphatic rings. The van der Waals surface area contributed by atoms with Crippen LogP contribution in [0.15, 0.2) is 52.9 Å². The maximum atomic E-state index is 12.3. The number of aryl methyl sites for hydroxylation is 1. The number of carbonyl (C=O) groups excluding carboxylic acids is 1. The number of nitro groups is 1. The van der Waals surface area contributed by atoms with Crippen LogP contribution in [0.4, 0.5) is 11.5 Å². The molecular formula is C18H13IN4O4S. The monoisotopic (exact) mass is 508 g/mol. The lowest BCUT2D eigenvalue weighted by Crippen LogP contribution is -2.34. The zero-order valence-electron chi connectivity index (χ0n) is 14.4. The Morgan fingerprint density at radius 2 is 2.04 bits per heavy atom. The number of hydrogen-bond donors (Lipinski definition) is 2. The van der Waals surface area contributed by atoms with E-state index in [-0.39, 0.29) is 16.6 Å². The molecule has 2 heterocycles. The Hall–Kier alpha value is -2.86. The molecule has 0 radical (unpaired) electrons. The number of halogens is 1. The van der Waals surface area contributed by atoms with E-state index in [1.807, 2.05) is 13.0 Å². The second-order valence-corrected chi connectivity index (χ2v) is 7.21. The van der Waals surface area contributed by atoms with Crippen molar-refractivity contribution in [1.82, 2.24) is 10.3 Å². The van der Waals surface area contributed by atoms with Crippen molar-refractivity contribution in [3.8, 4) is 11.3 Å². The number of thiocarbonyl (C=S) groups is 1. The minimum Gasteiger partial charge on any atom is -0.451 e. The Morgan fingerprint density at radius 1 is 1.25 bits per heavy atom. The summed E-state index contributed by atoms with van der Waals surface area (Å²) >= 11 is 7.31. The Kier molecular flexibility index (Phi) is 5.99. The third kappa shape index (κ3) is 4.70. The summed E-state index contributed by atoms with van der Waals surface area (Å²) in [6, 6.07) is 12.6. The lowest BCUT2D eigenvalue weighted by molar-refractivity contribution is -0.384. The topological polar surface area (TPSA) is 110 Å². The van der Waals surface area contributed by atoms with Gasteiger partial charge in [0.15, 0.2) is 10.9 Å². The molecule has 0 atom stereocenters. The number of anilines is 1. The molecule has 0 aliphatic heterocycles. The summed E-state index contributed by atoms with van der Waals surface area (Å²) in [6.07, 6.45) is 0. The second-order valence-electron chi connectivity index (χ2n) is 5.64. The van der Waals surface area contributed by atoms with Crippen LogP contribution in [0.25, 0.3) is 11.3 Å². The highest BCUT2D eigenvalue weighted by Gasteiger charge is 2.15. The van der Waals surface area contributed by atoms with Crippen molar-refractivity contribution in [2.45, 2.75) is 6.92 Å². The molecule has 0 aliphatic carbocycles. The van der Waals surface area contributed by atoms with Gasteiger partial charge in [-0.05, 0) is 66.0 Å². The number of amides is 1. The Bertz CT molecular complexity index is 1080. The number of nitrogens with zero attached hydrogens (tertiary/aromatic N) is 2. The first-order chi connectivity index (χ1) is 13.3. The maximum absolute atomic E-state index is 12.3. The quantitative estimate of drug-likeness (QED) is 0.234. The number of non-ortho nitro benzene ring substituents is 1. The first-order valence-electron chi connectivity index (χ1n) is 7.93. The van der Waals surface area contributed by atoms with Crippen LogP contribution >= 0.6 is 34.8 Å². The fourth-order valence-corrected chi connectivity index (χ4v) is 2.81. The van der Waals surface area contributed by atoms with E-state index < -0.39 is 10.8 Å². The minimum absolute atomic E-state index is 0.0254. The highest BCUT2D eigenvalue weighted by molar-refractivity contribution is 14.1. The molecule has 28 heavy (non-hydrogen) atoms. The van der Waals surface area contributed by atoms with Gasteiger partial charge in [-0.3, -0.25) is 20.2 Å². The minimum atomic E-state index is -0.545. The molecule has 0 unspecified atom stereocenters. The largest absolute Gasteiger partial charge is 0.451 e. The van der Waals surface area contributed by atoms with Crippen molar-refractivity contribution >= 4 is 57.3 Å². The molecule has 0 saturated heterocycles. The molecule has 0 fully saturated rings. The number of rotatable bonds is 4. The SMILES string of the molecule is Cc1nc(NC(=S)NC(=O)c2ccc(-c3cccc([N+](=O)[O-])c3)o2)ccc1I. The number of nitro benzene ring substituents is 1. The predicted octanol–water partition coefficient (Wildman–Crippen LogP) is 4.29. The molecule has 2 N–H and O–H groups in total. The summed E-state index contributed by atoms with van der Waals surface area (Å²) in [6.45, 7) is 1.87. The number of hydrogen-bond acceptors (Lipinski definition) is 6. The van der Waals surface area contributed by atoms with Crippen molar-refractivity contribution in [2.24, 2.45) is 0 Å². The van der Waals surface area contributed by atoms with Crippen molar-refractivity contribution in [1.29, 1.82) is 0 Å². The second kappa shape index (κ2) is 8.44. The number of aromatic nitrogens is 1. The van der Waals surface area contributed by atoms with E-state index in [4.69, 9.17) is 16.6 Å². The fraction of sp³-hybridized carbons (Fsp3) is 0.0556. The average molecular weight is 508 g/mol. The summed E-state index contributed by atoms with van der Waals surface area (Å²) in [5.41, 5.74) is 1.27. The number of nitrogens with one attached hydrogen (secondary N) is 2. The molecule has 0 spiro atoms. The van der Waals surface area contributed by atoms with E-state index in [0.717, 1.165) is 9.26 Å². The van der Waals surface area contributed by atoms with Crippen LogP contribution in [0, 0.1) is 20.6 Å². The van der Waals surface area contributed by atoms with Gasteiger partial charge in [-0.25, -0.2) is 4.98 Å². The van der Waals surface area contributed by atoms with Gasteiger partial charge < -0.3 is 9.73 Å². The van der Waals surface area contributed by atoms with Crippen LogP contribution < -0.4 is 10.6 Å². The van der Waals surface area contributed by atoms with Crippen LogP contribution in [-0.2, 0) is 0 Å². The summed E-state index contributed by atoms with van der Waals surface area (Å²) in [7, 11) is 0. The molecule has 142 valence electrons. The number of benzene rings is 1. The molecule has 0 bridgehead atoms. The van der Waals surface area contributed by atoms with Crippen molar-refractivity contribution in [2.75, 3.05) is 5.32 Å². The van der Waals surface area contributed by atoms with E-state index in [1.165, 1.54) is 18.2 Å². The molecule has 2 aromatic heterocycles. The molecule has 10 heteroatoms. The summed E-state index contributed by atoms with van der Waals surface area (Å²) in [5.74, 6) is 0.330. The Balaban J connectivity index is 1.68. The van der Waals surface area contributed by atoms with Crippen LogP contribution in [-0.4, -0.2) is 20.9 Å². The maximum Gasteiger partial charge on any atom is 0.293 e. The van der Waals surface area contributed by atoms with Crippen LogP contribution in [0.1, 0.15) is 16.2 Å². The van der Waals surface area contributed by atoms with Crippen molar-refractivity contribution in [3.05, 3.63) is 73.7 Å². The number of carbonyl (C=O) groups is 1. The van der Waals surface area contributed by atoms with E-state index in [1.54, 1.807) is 24.3 Å². The molecule has 1 aromatic carbocycles. The normalized spacial score (nSPS) is 10.4. The van der Waals surface area contributed by atoms with Gasteiger partial charge in [-0.2, -0.15) is 0 Å². The molecule has 0 saturated carbocycles. The van der Waals surface area contributed by atoms with Crippen LogP contribution in [0.5, 0.6) is 0 Å². The lowest BCUT2D eigenvalue weighted by atomic mass is 10.1. The zero-order valence-corrected chi connectivity index (χ0v) is 17.4. The van der Waals surface area contributed by atoms with Gasteiger partial charge in [0.2, 0.25) is 0 Å². The predicted molar refractivity (Wildman–Crippen MR) is 116 cm³/mol. The summed E-state index contributed by atoms with van der Waals surface area (Å²) < 4.78 is 6.53. The smallest absolute Gasteiger partial charge is 0.293 e.